The summed E-state index contributed by atoms with van der Waals surface area (Å²) in [6.45, 7) is 1.98. The van der Waals surface area contributed by atoms with E-state index in [0.717, 1.165) is 12.8 Å². The molecule has 5 nitrogen and oxygen atoms in total. The zero-order valence-electron chi connectivity index (χ0n) is 9.14. The highest BCUT2D eigenvalue weighted by atomic mass is 16.4. The van der Waals surface area contributed by atoms with Gasteiger partial charge in [-0.2, -0.15) is 0 Å². The first kappa shape index (κ1) is 12.0. The Morgan fingerprint density at radius 3 is 2.47 bits per heavy atom. The zero-order chi connectivity index (χ0) is 11.6. The van der Waals surface area contributed by atoms with Crippen LogP contribution in [0, 0.1) is 5.92 Å². The van der Waals surface area contributed by atoms with Crippen LogP contribution in [-0.4, -0.2) is 41.0 Å². The molecule has 1 rings (SSSR count). The van der Waals surface area contributed by atoms with Crippen molar-refractivity contribution >= 4 is 11.9 Å². The van der Waals surface area contributed by atoms with Crippen molar-refractivity contribution < 1.29 is 14.7 Å². The third-order valence-electron chi connectivity index (χ3n) is 2.97. The van der Waals surface area contributed by atoms with Crippen LogP contribution < -0.4 is 5.73 Å². The van der Waals surface area contributed by atoms with Gasteiger partial charge in [-0.1, -0.05) is 0 Å². The van der Waals surface area contributed by atoms with Crippen molar-refractivity contribution in [2.75, 3.05) is 7.05 Å². The molecular weight excluding hydrogens is 196 g/mol. The number of carboxylic acid groups (broad SMARTS) is 1. The monoisotopic (exact) mass is 214 g/mol. The number of rotatable bonds is 5. The first-order valence-electron chi connectivity index (χ1n) is 5.17. The Hall–Kier alpha value is -1.10. The van der Waals surface area contributed by atoms with Gasteiger partial charge in [0.25, 0.3) is 0 Å². The number of carbonyl (C=O) groups is 2. The molecule has 1 saturated carbocycles. The normalized spacial score (nSPS) is 19.4. The lowest BCUT2D eigenvalue weighted by Gasteiger charge is -2.27. The second-order valence-electron chi connectivity index (χ2n) is 4.23. The standard InChI is InChI=1S/C10H18N2O3/c1-6(7-3-4-7)12(2)10(15)8(11)5-9(13)14/h6-8H,3-5,11H2,1-2H3,(H,13,14). The maximum Gasteiger partial charge on any atom is 0.305 e. The van der Waals surface area contributed by atoms with E-state index >= 15 is 0 Å². The van der Waals surface area contributed by atoms with E-state index in [9.17, 15) is 9.59 Å². The number of hydrogen-bond donors (Lipinski definition) is 2. The van der Waals surface area contributed by atoms with Gasteiger partial charge in [0.15, 0.2) is 0 Å². The molecule has 0 aromatic carbocycles. The lowest BCUT2D eigenvalue weighted by Crippen LogP contribution is -2.47. The molecule has 0 spiro atoms. The van der Waals surface area contributed by atoms with Gasteiger partial charge in [0, 0.05) is 13.1 Å². The molecule has 2 unspecified atom stereocenters. The average molecular weight is 214 g/mol. The summed E-state index contributed by atoms with van der Waals surface area (Å²) in [4.78, 5) is 23.7. The lowest BCUT2D eigenvalue weighted by atomic mass is 10.1. The van der Waals surface area contributed by atoms with Crippen molar-refractivity contribution in [1.29, 1.82) is 0 Å². The largest absolute Gasteiger partial charge is 0.481 e. The smallest absolute Gasteiger partial charge is 0.305 e. The molecule has 1 amide bonds. The van der Waals surface area contributed by atoms with Crippen LogP contribution in [0.2, 0.25) is 0 Å². The Labute approximate surface area is 89.2 Å². The summed E-state index contributed by atoms with van der Waals surface area (Å²) >= 11 is 0. The van der Waals surface area contributed by atoms with Crippen LogP contribution in [-0.2, 0) is 9.59 Å². The van der Waals surface area contributed by atoms with Crippen molar-refractivity contribution in [3.05, 3.63) is 0 Å². The fourth-order valence-electron chi connectivity index (χ4n) is 1.63. The van der Waals surface area contributed by atoms with Crippen molar-refractivity contribution in [2.45, 2.75) is 38.3 Å². The molecule has 0 aliphatic heterocycles. The van der Waals surface area contributed by atoms with Gasteiger partial charge in [-0.15, -0.1) is 0 Å². The number of aliphatic carboxylic acids is 1. The Bertz CT molecular complexity index is 263. The van der Waals surface area contributed by atoms with Crippen molar-refractivity contribution in [3.63, 3.8) is 0 Å². The van der Waals surface area contributed by atoms with Crippen LogP contribution in [0.3, 0.4) is 0 Å². The Morgan fingerprint density at radius 1 is 1.53 bits per heavy atom. The third kappa shape index (κ3) is 3.20. The fourth-order valence-corrected chi connectivity index (χ4v) is 1.63. The molecule has 3 N–H and O–H groups in total. The molecule has 0 heterocycles. The molecule has 0 aromatic rings. The molecule has 1 fully saturated rings. The summed E-state index contributed by atoms with van der Waals surface area (Å²) in [5.41, 5.74) is 5.51. The molecule has 2 atom stereocenters. The third-order valence-corrected chi connectivity index (χ3v) is 2.97. The predicted octanol–water partition coefficient (Wildman–Crippen LogP) is 0.0453. The number of carbonyl (C=O) groups excluding carboxylic acids is 1. The van der Waals surface area contributed by atoms with Gasteiger partial charge in [-0.25, -0.2) is 0 Å². The topological polar surface area (TPSA) is 83.6 Å². The van der Waals surface area contributed by atoms with Crippen molar-refractivity contribution in [3.8, 4) is 0 Å². The zero-order valence-corrected chi connectivity index (χ0v) is 9.14. The fraction of sp³-hybridized carbons (Fsp3) is 0.800. The minimum absolute atomic E-state index is 0.164. The number of likely N-dealkylation sites (N-methyl/N-ethyl adjacent to an activating group) is 1. The van der Waals surface area contributed by atoms with E-state index in [1.165, 1.54) is 0 Å². The Morgan fingerprint density at radius 2 is 2.07 bits per heavy atom. The summed E-state index contributed by atoms with van der Waals surface area (Å²) in [6.07, 6.45) is 1.99. The summed E-state index contributed by atoms with van der Waals surface area (Å²) in [7, 11) is 1.69. The number of carboxylic acids is 1. The Kier molecular flexibility index (Phi) is 3.68. The molecule has 0 aromatic heterocycles. The summed E-state index contributed by atoms with van der Waals surface area (Å²) in [5, 5.41) is 8.52. The lowest BCUT2D eigenvalue weighted by molar-refractivity contribution is -0.142. The van der Waals surface area contributed by atoms with Crippen LogP contribution in [0.15, 0.2) is 0 Å². The van der Waals surface area contributed by atoms with Crippen molar-refractivity contribution in [1.82, 2.24) is 4.90 Å². The van der Waals surface area contributed by atoms with Crippen LogP contribution in [0.5, 0.6) is 0 Å². The molecule has 1 aliphatic carbocycles. The van der Waals surface area contributed by atoms with Crippen LogP contribution in [0.1, 0.15) is 26.2 Å². The van der Waals surface area contributed by atoms with E-state index in [0.29, 0.717) is 5.92 Å². The van der Waals surface area contributed by atoms with E-state index in [1.54, 1.807) is 11.9 Å². The van der Waals surface area contributed by atoms with E-state index in [1.807, 2.05) is 6.92 Å². The second kappa shape index (κ2) is 4.61. The molecular formula is C10H18N2O3. The van der Waals surface area contributed by atoms with Gasteiger partial charge >= 0.3 is 5.97 Å². The highest BCUT2D eigenvalue weighted by Gasteiger charge is 2.34. The Balaban J connectivity index is 2.46. The molecule has 0 bridgehead atoms. The molecule has 5 heteroatoms. The second-order valence-corrected chi connectivity index (χ2v) is 4.23. The number of nitrogens with zero attached hydrogens (tertiary/aromatic N) is 1. The molecule has 1 aliphatic rings. The molecule has 0 saturated heterocycles. The van der Waals surface area contributed by atoms with Crippen LogP contribution in [0.25, 0.3) is 0 Å². The summed E-state index contributed by atoms with van der Waals surface area (Å²) in [5.74, 6) is -0.754. The first-order valence-corrected chi connectivity index (χ1v) is 5.17. The van der Waals surface area contributed by atoms with Gasteiger partial charge < -0.3 is 15.7 Å². The van der Waals surface area contributed by atoms with Gasteiger partial charge in [0.2, 0.25) is 5.91 Å². The first-order chi connectivity index (χ1) is 6.93. The minimum atomic E-state index is -1.04. The van der Waals surface area contributed by atoms with Gasteiger partial charge in [-0.3, -0.25) is 9.59 Å². The maximum atomic E-state index is 11.7. The average Bonchev–Trinajstić information content (AvgIpc) is 2.96. The van der Waals surface area contributed by atoms with Gasteiger partial charge in [0.05, 0.1) is 12.5 Å². The summed E-state index contributed by atoms with van der Waals surface area (Å²) < 4.78 is 0. The van der Waals surface area contributed by atoms with E-state index in [4.69, 9.17) is 10.8 Å². The minimum Gasteiger partial charge on any atom is -0.481 e. The SMILES string of the molecule is CC(C1CC1)N(C)C(=O)C(N)CC(=O)O. The van der Waals surface area contributed by atoms with Gasteiger partial charge in [0.1, 0.15) is 0 Å². The summed E-state index contributed by atoms with van der Waals surface area (Å²) in [6, 6.07) is -0.758. The van der Waals surface area contributed by atoms with Gasteiger partial charge in [-0.05, 0) is 25.7 Å². The highest BCUT2D eigenvalue weighted by molar-refractivity contribution is 5.86. The van der Waals surface area contributed by atoms with E-state index in [2.05, 4.69) is 0 Å². The maximum absolute atomic E-state index is 11.7. The highest BCUT2D eigenvalue weighted by Crippen LogP contribution is 2.34. The van der Waals surface area contributed by atoms with E-state index < -0.39 is 12.0 Å². The molecule has 86 valence electrons. The van der Waals surface area contributed by atoms with Crippen LogP contribution in [0.4, 0.5) is 0 Å². The van der Waals surface area contributed by atoms with E-state index in [-0.39, 0.29) is 18.4 Å². The molecule has 0 radical (unpaired) electrons. The molecule has 15 heavy (non-hydrogen) atoms. The quantitative estimate of drug-likeness (QED) is 0.677. The van der Waals surface area contributed by atoms with Crippen molar-refractivity contribution in [2.24, 2.45) is 11.7 Å². The predicted molar refractivity (Wildman–Crippen MR) is 55.2 cm³/mol. The number of amides is 1. The number of nitrogens with two attached hydrogens (primary N) is 1. The number of hydrogen-bond acceptors (Lipinski definition) is 3. The van der Waals surface area contributed by atoms with Crippen LogP contribution >= 0.6 is 0 Å².